The molecule has 226 valence electrons. The Morgan fingerprint density at radius 2 is 0.978 bits per heavy atom. The zero-order chi connectivity index (χ0) is 29.9. The molecule has 0 N–H and O–H groups in total. The van der Waals surface area contributed by atoms with Crippen molar-refractivity contribution in [1.82, 2.24) is 0 Å². The average Bonchev–Trinajstić information content (AvgIpc) is 3.45. The van der Waals surface area contributed by atoms with Gasteiger partial charge >= 0.3 is 71.4 Å². The molecule has 5 aromatic rings. The standard InChI is InChI=1S/2C17H15.C7H8Si.2ClH.Zr/c2*1-13-11-15-9-5-6-10-16(17(15)12-13)14-7-3-2-4-8-14;8-6-7-4-2-1-3-5-7;;;/h2*2-12,16H,1H3;1-5,8H,6H2;2*1H;/q2*-1;;;;+2/p-2. The van der Waals surface area contributed by atoms with E-state index < -0.39 is 0 Å². The average molecular weight is 721 g/mol. The Hall–Kier alpha value is -3.00. The number of rotatable bonds is 4. The first-order valence-corrected chi connectivity index (χ1v) is 20.6. The third-order valence-electron chi connectivity index (χ3n) is 7.75. The van der Waals surface area contributed by atoms with Crippen molar-refractivity contribution < 1.29 is 48.1 Å². The van der Waals surface area contributed by atoms with Crippen molar-refractivity contribution in [2.75, 3.05) is 0 Å². The summed E-state index contributed by atoms with van der Waals surface area (Å²) in [5.74, 6) is 0.768. The zero-order valence-corrected chi connectivity index (χ0v) is 30.9. The van der Waals surface area contributed by atoms with Gasteiger partial charge in [0.1, 0.15) is 0 Å². The molecule has 2 aliphatic rings. The molecule has 45 heavy (non-hydrogen) atoms. The second-order valence-corrected chi connectivity index (χ2v) is 14.9. The minimum atomic E-state index is 0. The number of benzene rings is 3. The van der Waals surface area contributed by atoms with Gasteiger partial charge < -0.3 is 24.8 Å². The molecule has 2 unspecified atom stereocenters. The molecule has 0 aromatic heterocycles. The van der Waals surface area contributed by atoms with Crippen molar-refractivity contribution >= 4 is 18.3 Å². The van der Waals surface area contributed by atoms with Crippen LogP contribution in [0.4, 0.5) is 0 Å². The van der Waals surface area contributed by atoms with Crippen LogP contribution in [0.3, 0.4) is 0 Å². The minimum absolute atomic E-state index is 0. The molecular formula is C41H38Cl2SiZr-2. The fraction of sp³-hybridized carbons (Fsp3) is 0.122. The topological polar surface area (TPSA) is 0 Å². The Kier molecular flexibility index (Phi) is 15.3. The number of fused-ring (bicyclic) bond motifs is 2. The van der Waals surface area contributed by atoms with E-state index in [0.29, 0.717) is 18.0 Å². The Morgan fingerprint density at radius 1 is 0.578 bits per heavy atom. The molecule has 0 saturated heterocycles. The van der Waals surface area contributed by atoms with E-state index in [1.807, 2.05) is 0 Å². The zero-order valence-electron chi connectivity index (χ0n) is 25.8. The second-order valence-electron chi connectivity index (χ2n) is 11.0. The van der Waals surface area contributed by atoms with E-state index in [9.17, 15) is 0 Å². The Bertz CT molecular complexity index is 1620. The molecule has 0 saturated carbocycles. The molecule has 0 nitrogen and oxygen atoms in total. The van der Waals surface area contributed by atoms with Gasteiger partial charge in [0.2, 0.25) is 0 Å². The predicted molar refractivity (Wildman–Crippen MR) is 184 cm³/mol. The Balaban J connectivity index is 0.000000189. The van der Waals surface area contributed by atoms with Gasteiger partial charge in [-0.1, -0.05) is 98.8 Å². The van der Waals surface area contributed by atoms with Crippen molar-refractivity contribution in [2.24, 2.45) is 0 Å². The second kappa shape index (κ2) is 18.8. The van der Waals surface area contributed by atoms with Crippen LogP contribution >= 0.6 is 0 Å². The summed E-state index contributed by atoms with van der Waals surface area (Å²) in [5, 5.41) is 0. The summed E-state index contributed by atoms with van der Waals surface area (Å²) >= 11 is 1.72. The van der Waals surface area contributed by atoms with Gasteiger partial charge in [-0.05, 0) is 23.0 Å². The van der Waals surface area contributed by atoms with E-state index >= 15 is 0 Å². The summed E-state index contributed by atoms with van der Waals surface area (Å²) < 4.78 is 0. The quantitative estimate of drug-likeness (QED) is 0.195. The monoisotopic (exact) mass is 718 g/mol. The summed E-state index contributed by atoms with van der Waals surface area (Å²) in [6.07, 6.45) is 18.2. The maximum atomic E-state index is 2.30. The molecule has 7 rings (SSSR count). The van der Waals surface area contributed by atoms with E-state index in [4.69, 9.17) is 0 Å². The number of hydrogen-bond acceptors (Lipinski definition) is 0. The first kappa shape index (κ1) is 36.5. The molecule has 0 amide bonds. The maximum absolute atomic E-state index is 2.30. The first-order chi connectivity index (χ1) is 21.1. The summed E-state index contributed by atoms with van der Waals surface area (Å²) in [6.45, 7) is 4.32. The van der Waals surface area contributed by atoms with Crippen LogP contribution in [0.2, 0.25) is 0 Å². The van der Waals surface area contributed by atoms with Crippen LogP contribution in [0, 0.1) is 13.8 Å². The van der Waals surface area contributed by atoms with Gasteiger partial charge in [-0.25, -0.2) is 0 Å². The van der Waals surface area contributed by atoms with E-state index in [1.54, 1.807) is 23.3 Å². The van der Waals surface area contributed by atoms with Crippen LogP contribution in [-0.4, -0.2) is 6.16 Å². The van der Waals surface area contributed by atoms with Crippen molar-refractivity contribution in [2.45, 2.75) is 31.7 Å². The van der Waals surface area contributed by atoms with Crippen LogP contribution in [0.15, 0.2) is 152 Å². The first-order valence-electron chi connectivity index (χ1n) is 15.0. The fourth-order valence-corrected chi connectivity index (χ4v) is 7.98. The molecule has 0 fully saturated rings. The van der Waals surface area contributed by atoms with Gasteiger partial charge in [-0.3, -0.25) is 0 Å². The number of allylic oxidation sites excluding steroid dienone is 6. The van der Waals surface area contributed by atoms with Crippen molar-refractivity contribution in [3.05, 3.63) is 202 Å². The van der Waals surface area contributed by atoms with Crippen LogP contribution in [-0.2, 0) is 29.4 Å². The Morgan fingerprint density at radius 3 is 1.38 bits per heavy atom. The van der Waals surface area contributed by atoms with Crippen molar-refractivity contribution in [3.8, 4) is 0 Å². The van der Waals surface area contributed by atoms with Gasteiger partial charge in [0.25, 0.3) is 0 Å². The normalized spacial score (nSPS) is 15.3. The fourth-order valence-electron chi connectivity index (χ4n) is 5.74. The summed E-state index contributed by atoms with van der Waals surface area (Å²) in [6, 6.07) is 42.5. The molecule has 4 heteroatoms. The van der Waals surface area contributed by atoms with E-state index in [0.717, 1.165) is 0 Å². The van der Waals surface area contributed by atoms with Crippen LogP contribution in [0.5, 0.6) is 0 Å². The molecule has 5 aromatic carbocycles. The third kappa shape index (κ3) is 10.2. The van der Waals surface area contributed by atoms with Gasteiger partial charge in [-0.15, -0.1) is 47.6 Å². The molecular weight excluding hydrogens is 683 g/mol. The van der Waals surface area contributed by atoms with E-state index in [-0.39, 0.29) is 24.8 Å². The third-order valence-corrected chi connectivity index (χ3v) is 9.93. The summed E-state index contributed by atoms with van der Waals surface area (Å²) in [5.41, 5.74) is 12.4. The van der Waals surface area contributed by atoms with Gasteiger partial charge in [0.15, 0.2) is 0 Å². The van der Waals surface area contributed by atoms with Crippen molar-refractivity contribution in [3.63, 3.8) is 0 Å². The number of halogens is 2. The summed E-state index contributed by atoms with van der Waals surface area (Å²) in [4.78, 5) is 0. The van der Waals surface area contributed by atoms with Crippen molar-refractivity contribution in [1.29, 1.82) is 0 Å². The van der Waals surface area contributed by atoms with Crippen LogP contribution < -0.4 is 24.8 Å². The molecule has 0 spiro atoms. The van der Waals surface area contributed by atoms with E-state index in [1.165, 1.54) is 56.1 Å². The molecule has 0 aliphatic heterocycles. The molecule has 0 radical (unpaired) electrons. The van der Waals surface area contributed by atoms with Gasteiger partial charge in [-0.2, -0.15) is 34.4 Å². The van der Waals surface area contributed by atoms with Crippen LogP contribution in [0.1, 0.15) is 61.9 Å². The SMILES string of the molecule is Cc1cc2c([cH-]1)C=CC=CC2c1ccccc1.Cc1cc2c([cH-]1)C=CC=CC2c1ccccc1.[Cl-].[Cl-].[Zr+2]=[SiH]Cc1ccccc1. The number of aryl methyl sites for hydroxylation is 2. The molecule has 0 bridgehead atoms. The molecule has 2 aliphatic carbocycles. The van der Waals surface area contributed by atoms with Crippen LogP contribution in [0.25, 0.3) is 12.2 Å². The van der Waals surface area contributed by atoms with Gasteiger partial charge in [0, 0.05) is 0 Å². The predicted octanol–water partition coefficient (Wildman–Crippen LogP) is 3.95. The van der Waals surface area contributed by atoms with E-state index in [2.05, 4.69) is 178 Å². The Labute approximate surface area is 297 Å². The molecule has 0 heterocycles. The van der Waals surface area contributed by atoms with Gasteiger partial charge in [0.05, 0.1) is 0 Å². The number of hydrogen-bond donors (Lipinski definition) is 0. The molecule has 2 atom stereocenters. The summed E-state index contributed by atoms with van der Waals surface area (Å²) in [7, 11) is 0.